The molecule has 0 aliphatic carbocycles. The normalized spacial score (nSPS) is 27.8. The minimum absolute atomic E-state index is 0.0169. The molecule has 3 aromatic carbocycles. The van der Waals surface area contributed by atoms with Crippen LogP contribution < -0.4 is 32.3 Å². The van der Waals surface area contributed by atoms with E-state index in [1.165, 1.54) is 24.4 Å². The number of amides is 1. The molecule has 5 aliphatic rings. The number of hydrogen-bond donors (Lipinski definition) is 6. The highest BCUT2D eigenvalue weighted by Crippen LogP contribution is 2.50. The molecule has 0 saturated carbocycles. The summed E-state index contributed by atoms with van der Waals surface area (Å²) < 4.78 is 18.7. The highest BCUT2D eigenvalue weighted by Gasteiger charge is 2.50. The van der Waals surface area contributed by atoms with Crippen LogP contribution in [-0.2, 0) is 25.5 Å². The second-order valence-electron chi connectivity index (χ2n) is 20.9. The van der Waals surface area contributed by atoms with Gasteiger partial charge in [-0.1, -0.05) is 90.1 Å². The van der Waals surface area contributed by atoms with Gasteiger partial charge in [-0.25, -0.2) is 5.84 Å². The Morgan fingerprint density at radius 1 is 1.03 bits per heavy atom. The summed E-state index contributed by atoms with van der Waals surface area (Å²) in [6.45, 7) is 18.8. The molecule has 8 N–H and O–H groups in total. The smallest absolute Gasteiger partial charge is 0.327 e. The van der Waals surface area contributed by atoms with Crippen LogP contribution in [0.25, 0.3) is 10.8 Å². The maximum Gasteiger partial charge on any atom is 0.327 e. The third-order valence-electron chi connectivity index (χ3n) is 14.4. The maximum atomic E-state index is 14.8. The van der Waals surface area contributed by atoms with E-state index in [0.717, 1.165) is 12.1 Å². The average molecular weight is 976 g/mol. The van der Waals surface area contributed by atoms with Crippen molar-refractivity contribution in [2.24, 2.45) is 51.2 Å². The first-order chi connectivity index (χ1) is 33.6. The summed E-state index contributed by atoms with van der Waals surface area (Å²) in [7, 11) is 0. The minimum atomic E-state index is -1.91. The number of phenolic OH excluding ortho intramolecular Hbond substituents is 2. The fourth-order valence-electron chi connectivity index (χ4n) is 10.4. The van der Waals surface area contributed by atoms with Crippen LogP contribution in [0.3, 0.4) is 0 Å². The lowest BCUT2D eigenvalue weighted by atomic mass is 9.80. The number of ether oxygens (including phenoxy) is 3. The Labute approximate surface area is 416 Å². The zero-order chi connectivity index (χ0) is 51.5. The van der Waals surface area contributed by atoms with Crippen molar-refractivity contribution in [3.8, 4) is 17.2 Å². The zero-order valence-electron chi connectivity index (χ0n) is 42.7. The van der Waals surface area contributed by atoms with Gasteiger partial charge in [0.05, 0.1) is 28.7 Å². The van der Waals surface area contributed by atoms with E-state index in [0.29, 0.717) is 68.8 Å². The van der Waals surface area contributed by atoms with Gasteiger partial charge >= 0.3 is 11.8 Å². The van der Waals surface area contributed by atoms with Gasteiger partial charge in [-0.05, 0) is 74.8 Å². The van der Waals surface area contributed by atoms with Gasteiger partial charge in [0.2, 0.25) is 0 Å². The van der Waals surface area contributed by atoms with Crippen molar-refractivity contribution in [3.05, 3.63) is 106 Å². The van der Waals surface area contributed by atoms with Crippen LogP contribution >= 0.6 is 0 Å². The number of Topliss-reactive ketones (excluding diaryl/α,β-unsaturated/α-hetero) is 1. The van der Waals surface area contributed by atoms with E-state index >= 15 is 0 Å². The summed E-state index contributed by atoms with van der Waals surface area (Å²) in [6.07, 6.45) is 11.6. The van der Waals surface area contributed by atoms with Gasteiger partial charge in [0.15, 0.2) is 11.4 Å². The summed E-state index contributed by atoms with van der Waals surface area (Å²) in [5, 5.41) is 40.6. The number of nitrogens with two attached hydrogens (primary N) is 2. The number of esters is 1. The van der Waals surface area contributed by atoms with Gasteiger partial charge in [-0.3, -0.25) is 24.4 Å². The number of carbonyl (C=O) groups excluding carboxylic acids is 3. The quantitative estimate of drug-likeness (QED) is 0.0565. The molecule has 5 bridgehead atoms. The number of carbonyl (C=O) groups is 3. The second-order valence-corrected chi connectivity index (χ2v) is 20.9. The number of likely N-dealkylation sites (tertiary alicyclic amines) is 1. The molecule has 5 aliphatic heterocycles. The van der Waals surface area contributed by atoms with Crippen LogP contribution in [0.2, 0.25) is 0 Å². The van der Waals surface area contributed by atoms with Crippen molar-refractivity contribution >= 4 is 34.1 Å². The van der Waals surface area contributed by atoms with Gasteiger partial charge in [0.1, 0.15) is 35.2 Å². The van der Waals surface area contributed by atoms with Crippen molar-refractivity contribution in [3.63, 3.8) is 0 Å². The Morgan fingerprint density at radius 3 is 2.41 bits per heavy atom. The molecule has 3 aromatic rings. The van der Waals surface area contributed by atoms with Crippen LogP contribution in [-0.4, -0.2) is 92.7 Å². The summed E-state index contributed by atoms with van der Waals surface area (Å²) in [6, 6.07) is 9.91. The number of aliphatic hydroxyl groups excluding tert-OH is 1. The number of aliphatic hydroxyl groups is 1. The zero-order valence-corrected chi connectivity index (χ0v) is 42.7. The first-order valence-corrected chi connectivity index (χ1v) is 25.0. The Kier molecular flexibility index (Phi) is 16.0. The number of hydrogen-bond acceptors (Lipinski definition) is 15. The topological polar surface area (TPSA) is 235 Å². The standard InChI is InChI=1S/C55H73N7O9/c1-31(2)28-61-24-22-55(23-25-61)59-44-41-42-48(65)37(8)51-43(41)52(67)54(9,71-51)69-26-14-17-33(4)50(70-40(63)30-62(57)29-39(56)21-20-38-18-11-10-12-19-38)36(7)47(64)35(6)27-32(3)15-13-16-34(5)53(68)58-46(49(42)66)45(44)60-55/h10-16,18-19,26,29,31-33,35-36,47,50,64-66H,17,20-25,27-28,30,56-57H2,1-9H3,(H,58,68)/b15-13+,26-14+,34-16-,39-29-/t32?,33-,35-,36-,47-,50?,54+/m1/s1. The molecule has 382 valence electrons. The van der Waals surface area contributed by atoms with Gasteiger partial charge < -0.3 is 50.5 Å². The number of rotatable bonds is 9. The molecule has 1 saturated heterocycles. The van der Waals surface area contributed by atoms with Crippen molar-refractivity contribution in [2.45, 2.75) is 124 Å². The molecular weight excluding hydrogens is 903 g/mol. The predicted octanol–water partition coefficient (Wildman–Crippen LogP) is 6.74. The number of fused-ring (bicyclic) bond motifs is 13. The SMILES string of the molecule is C/C1=C/C=C/C(C)C[C@@H](C)[C@@H](O)[C@@H](C)C(OC(=O)CN(N)/C=C(\N)CCc2ccccc2)[C@H](C)C/C=C/O[C@@]2(C)Oc3c(C)c(O)c4c(O)c(c5c(c4c3C2=O)=NC2(CCN(CC(C)C)CC2)N=5)NC1=O. The van der Waals surface area contributed by atoms with Crippen LogP contribution in [0.4, 0.5) is 5.69 Å². The predicted molar refractivity (Wildman–Crippen MR) is 272 cm³/mol. The Bertz CT molecular complexity index is 2760. The Morgan fingerprint density at radius 2 is 1.72 bits per heavy atom. The molecule has 16 heteroatoms. The lowest BCUT2D eigenvalue weighted by Crippen LogP contribution is -2.43. The molecule has 71 heavy (non-hydrogen) atoms. The maximum absolute atomic E-state index is 14.8. The molecule has 1 amide bonds. The average Bonchev–Trinajstić information content (AvgIpc) is 3.82. The number of nitrogens with zero attached hydrogens (tertiary/aromatic N) is 4. The number of phenols is 2. The third-order valence-corrected chi connectivity index (χ3v) is 14.4. The van der Waals surface area contributed by atoms with Gasteiger partial charge in [0.25, 0.3) is 11.7 Å². The van der Waals surface area contributed by atoms with E-state index in [2.05, 4.69) is 24.1 Å². The lowest BCUT2D eigenvalue weighted by Gasteiger charge is -2.36. The first-order valence-electron chi connectivity index (χ1n) is 25.0. The monoisotopic (exact) mass is 976 g/mol. The van der Waals surface area contributed by atoms with E-state index < -0.39 is 53.0 Å². The van der Waals surface area contributed by atoms with Crippen molar-refractivity contribution < 1.29 is 43.9 Å². The number of ketones is 1. The van der Waals surface area contributed by atoms with Gasteiger partial charge in [0, 0.05) is 73.7 Å². The van der Waals surface area contributed by atoms with Crippen molar-refractivity contribution in [1.29, 1.82) is 0 Å². The number of aromatic hydroxyl groups is 2. The fourth-order valence-corrected chi connectivity index (χ4v) is 10.4. The van der Waals surface area contributed by atoms with E-state index in [4.69, 9.17) is 35.8 Å². The van der Waals surface area contributed by atoms with Crippen LogP contribution in [0.1, 0.15) is 109 Å². The van der Waals surface area contributed by atoms with Crippen LogP contribution in [0.15, 0.2) is 88.4 Å². The van der Waals surface area contributed by atoms with Crippen molar-refractivity contribution in [1.82, 2.24) is 9.91 Å². The number of benzene rings is 3. The molecule has 16 nitrogen and oxygen atoms in total. The van der Waals surface area contributed by atoms with Crippen LogP contribution in [0.5, 0.6) is 17.2 Å². The van der Waals surface area contributed by atoms with E-state index in [-0.39, 0.29) is 74.1 Å². The number of hydrazine groups is 1. The molecule has 1 fully saturated rings. The number of aryl methyl sites for hydroxylation is 1. The molecule has 0 aromatic heterocycles. The fraction of sp³-hybridized carbons (Fsp3) is 0.509. The molecule has 7 atom stereocenters. The molecule has 8 rings (SSSR count). The second kappa shape index (κ2) is 21.6. The minimum Gasteiger partial charge on any atom is -0.507 e. The summed E-state index contributed by atoms with van der Waals surface area (Å²) in [5.74, 6) is 1.22. The van der Waals surface area contributed by atoms with E-state index in [1.54, 1.807) is 32.1 Å². The number of allylic oxidation sites excluding steroid dienone is 5. The largest absolute Gasteiger partial charge is 0.507 e. The van der Waals surface area contributed by atoms with E-state index in [1.807, 2.05) is 64.1 Å². The lowest BCUT2D eigenvalue weighted by molar-refractivity contribution is -0.159. The summed E-state index contributed by atoms with van der Waals surface area (Å²) >= 11 is 0. The molecular formula is C55H73N7O9. The highest BCUT2D eigenvalue weighted by atomic mass is 16.7. The molecule has 5 heterocycles. The molecule has 1 spiro atoms. The molecule has 0 radical (unpaired) electrons. The summed E-state index contributed by atoms with van der Waals surface area (Å²) in [4.78, 5) is 55.2. The van der Waals surface area contributed by atoms with Crippen molar-refractivity contribution in [2.75, 3.05) is 31.5 Å². The van der Waals surface area contributed by atoms with Crippen LogP contribution in [0, 0.1) is 36.5 Å². The highest BCUT2D eigenvalue weighted by molar-refractivity contribution is 6.19. The van der Waals surface area contributed by atoms with Gasteiger partial charge in [-0.15, -0.1) is 0 Å². The van der Waals surface area contributed by atoms with Gasteiger partial charge in [-0.2, -0.15) is 0 Å². The number of piperidine rings is 1. The summed E-state index contributed by atoms with van der Waals surface area (Å²) in [5.41, 5.74) is 7.51. The first kappa shape index (κ1) is 52.6. The van der Waals surface area contributed by atoms with E-state index in [9.17, 15) is 29.7 Å². The Balaban J connectivity index is 1.23. The number of anilines is 1. The number of nitrogens with one attached hydrogen (secondary N) is 1. The molecule has 2 unspecified atom stereocenters. The Hall–Kier alpha value is -6.23. The third kappa shape index (κ3) is 11.5.